The van der Waals surface area contributed by atoms with E-state index in [9.17, 15) is 18.4 Å². The first-order valence-electron chi connectivity index (χ1n) is 12.4. The lowest BCUT2D eigenvalue weighted by atomic mass is 10.1. The van der Waals surface area contributed by atoms with Crippen LogP contribution in [0.2, 0.25) is 0 Å². The van der Waals surface area contributed by atoms with E-state index in [1.165, 1.54) is 4.68 Å². The number of fused-ring (bicyclic) bond motifs is 1. The molecule has 2 N–H and O–H groups in total. The normalized spacial score (nSPS) is 15.6. The van der Waals surface area contributed by atoms with Gasteiger partial charge in [-0.15, -0.1) is 0 Å². The van der Waals surface area contributed by atoms with E-state index in [0.29, 0.717) is 35.4 Å². The van der Waals surface area contributed by atoms with Gasteiger partial charge in [0.1, 0.15) is 5.75 Å². The van der Waals surface area contributed by atoms with Gasteiger partial charge in [0, 0.05) is 49.6 Å². The molecule has 1 amide bonds. The summed E-state index contributed by atoms with van der Waals surface area (Å²) in [5, 5.41) is 6.51. The number of halogens is 2. The van der Waals surface area contributed by atoms with Crippen LogP contribution in [-0.2, 0) is 24.8 Å². The second-order valence-electron chi connectivity index (χ2n) is 9.27. The van der Waals surface area contributed by atoms with Crippen LogP contribution in [0.4, 0.5) is 14.7 Å². The van der Waals surface area contributed by atoms with Crippen molar-refractivity contribution in [3.63, 3.8) is 0 Å². The fraction of sp³-hybridized carbons (Fsp3) is 0.333. The van der Waals surface area contributed by atoms with Gasteiger partial charge in [0.2, 0.25) is 11.9 Å². The molecule has 5 rings (SSSR count). The molecule has 0 saturated carbocycles. The molecule has 0 bridgehead atoms. The number of ether oxygens (including phenoxy) is 1. The zero-order valence-electron chi connectivity index (χ0n) is 21.1. The van der Waals surface area contributed by atoms with Gasteiger partial charge in [-0.05, 0) is 42.2 Å². The fourth-order valence-electron chi connectivity index (χ4n) is 4.73. The lowest BCUT2D eigenvalue weighted by molar-refractivity contribution is -0.122. The Hall–Kier alpha value is -4.28. The molecule has 0 aliphatic carbocycles. The van der Waals surface area contributed by atoms with Crippen LogP contribution in [0.3, 0.4) is 0 Å². The Kier molecular flexibility index (Phi) is 7.08. The number of anilines is 1. The number of piperidine rings is 1. The van der Waals surface area contributed by atoms with Crippen LogP contribution in [0.5, 0.6) is 5.75 Å². The highest BCUT2D eigenvalue weighted by Crippen LogP contribution is 2.27. The van der Waals surface area contributed by atoms with Crippen molar-refractivity contribution in [3.8, 4) is 16.9 Å². The largest absolute Gasteiger partial charge is 0.434 e. The molecule has 3 heterocycles. The summed E-state index contributed by atoms with van der Waals surface area (Å²) >= 11 is 0. The Morgan fingerprint density at radius 2 is 1.92 bits per heavy atom. The molecule has 1 saturated heterocycles. The molecule has 1 atom stereocenters. The van der Waals surface area contributed by atoms with Gasteiger partial charge in [-0.3, -0.25) is 19.0 Å². The predicted octanol–water partition coefficient (Wildman–Crippen LogP) is 3.70. The number of hydrogen-bond donors (Lipinski definition) is 2. The quantitative estimate of drug-likeness (QED) is 0.366. The van der Waals surface area contributed by atoms with E-state index >= 15 is 0 Å². The predicted molar refractivity (Wildman–Crippen MR) is 139 cm³/mol. The van der Waals surface area contributed by atoms with Crippen molar-refractivity contribution in [2.24, 2.45) is 7.05 Å². The summed E-state index contributed by atoms with van der Waals surface area (Å²) < 4.78 is 34.1. The number of aryl methyl sites for hydroxylation is 1. The number of rotatable bonds is 8. The summed E-state index contributed by atoms with van der Waals surface area (Å²) in [5.74, 6) is 0.519. The summed E-state index contributed by atoms with van der Waals surface area (Å²) in [4.78, 5) is 33.4. The number of hydrogen-bond acceptors (Lipinski definition) is 6. The number of carbonyl (C=O) groups is 1. The fourth-order valence-corrected chi connectivity index (χ4v) is 4.73. The van der Waals surface area contributed by atoms with Crippen LogP contribution in [0.1, 0.15) is 30.9 Å². The van der Waals surface area contributed by atoms with E-state index in [0.717, 1.165) is 29.5 Å². The van der Waals surface area contributed by atoms with Crippen LogP contribution in [-0.4, -0.2) is 44.4 Å². The minimum Gasteiger partial charge on any atom is -0.434 e. The van der Waals surface area contributed by atoms with Crippen LogP contribution >= 0.6 is 0 Å². The summed E-state index contributed by atoms with van der Waals surface area (Å²) in [7, 11) is 1.65. The van der Waals surface area contributed by atoms with E-state index in [1.807, 2.05) is 25.1 Å². The Balaban J connectivity index is 1.46. The minimum atomic E-state index is -2.95. The van der Waals surface area contributed by atoms with Crippen molar-refractivity contribution < 1.29 is 18.3 Å². The zero-order valence-corrected chi connectivity index (χ0v) is 21.1. The van der Waals surface area contributed by atoms with E-state index in [1.54, 1.807) is 42.3 Å². The summed E-state index contributed by atoms with van der Waals surface area (Å²) in [6.07, 6.45) is 5.27. The van der Waals surface area contributed by atoms with Crippen molar-refractivity contribution >= 4 is 22.8 Å². The summed E-state index contributed by atoms with van der Waals surface area (Å²) in [5.41, 5.74) is 3.53. The van der Waals surface area contributed by atoms with Crippen molar-refractivity contribution in [1.82, 2.24) is 24.6 Å². The van der Waals surface area contributed by atoms with E-state index in [2.05, 4.69) is 20.6 Å². The number of aromatic nitrogens is 4. The van der Waals surface area contributed by atoms with Gasteiger partial charge in [-0.25, -0.2) is 9.97 Å². The highest BCUT2D eigenvalue weighted by Gasteiger charge is 2.20. The molecule has 1 fully saturated rings. The van der Waals surface area contributed by atoms with Gasteiger partial charge in [0.05, 0.1) is 17.4 Å². The molecule has 2 aromatic carbocycles. The third-order valence-corrected chi connectivity index (χ3v) is 6.80. The second-order valence-corrected chi connectivity index (χ2v) is 9.27. The standard InChI is InChI=1S/C27H28F2N6O3/c1-3-16-4-7-23(38-26(28)29)18(10-16)15-35-22-11-17(5-6-21(22)25(37)34(35)2)19-13-31-27(32-14-19)33-20-8-9-30-24(36)12-20/h4-7,10-11,13-14,20,26H,3,8-9,12,15H2,1-2H3,(H,30,36)(H,31,32,33). The molecule has 11 heteroatoms. The van der Waals surface area contributed by atoms with Crippen molar-refractivity contribution in [2.75, 3.05) is 11.9 Å². The molecule has 1 unspecified atom stereocenters. The Labute approximate surface area is 217 Å². The van der Waals surface area contributed by atoms with Gasteiger partial charge < -0.3 is 15.4 Å². The SMILES string of the molecule is CCc1ccc(OC(F)F)c(Cn2c3cc(-c4cnc(NC5CCNC(=O)C5)nc4)ccc3c(=O)n2C)c1. The second kappa shape index (κ2) is 10.6. The maximum Gasteiger partial charge on any atom is 0.387 e. The van der Waals surface area contributed by atoms with E-state index in [4.69, 9.17) is 4.74 Å². The molecule has 2 aromatic heterocycles. The Bertz CT molecular complexity index is 1530. The lowest BCUT2D eigenvalue weighted by Crippen LogP contribution is -2.39. The van der Waals surface area contributed by atoms with E-state index < -0.39 is 6.61 Å². The third kappa shape index (κ3) is 5.22. The number of nitrogens with zero attached hydrogens (tertiary/aromatic N) is 4. The Morgan fingerprint density at radius 3 is 2.63 bits per heavy atom. The molecule has 198 valence electrons. The average Bonchev–Trinajstić information content (AvgIpc) is 3.14. The van der Waals surface area contributed by atoms with Gasteiger partial charge in [-0.2, -0.15) is 8.78 Å². The van der Waals surface area contributed by atoms with Crippen LogP contribution in [0.25, 0.3) is 22.0 Å². The maximum atomic E-state index is 13.1. The first-order valence-corrected chi connectivity index (χ1v) is 12.4. The molecule has 0 radical (unpaired) electrons. The van der Waals surface area contributed by atoms with Gasteiger partial charge >= 0.3 is 6.61 Å². The van der Waals surface area contributed by atoms with E-state index in [-0.39, 0.29) is 29.8 Å². The molecule has 1 aliphatic rings. The smallest absolute Gasteiger partial charge is 0.387 e. The molecule has 0 spiro atoms. The topological polar surface area (TPSA) is 103 Å². The van der Waals surface area contributed by atoms with Crippen molar-refractivity contribution in [2.45, 2.75) is 45.4 Å². The number of carbonyl (C=O) groups excluding carboxylic acids is 1. The molecule has 1 aliphatic heterocycles. The lowest BCUT2D eigenvalue weighted by Gasteiger charge is -2.22. The highest BCUT2D eigenvalue weighted by molar-refractivity contribution is 5.84. The number of amides is 1. The maximum absolute atomic E-state index is 13.1. The van der Waals surface area contributed by atoms with Crippen LogP contribution in [0.15, 0.2) is 53.6 Å². The van der Waals surface area contributed by atoms with Gasteiger partial charge in [0.25, 0.3) is 5.56 Å². The summed E-state index contributed by atoms with van der Waals surface area (Å²) in [6.45, 7) is -0.186. The van der Waals surface area contributed by atoms with Crippen LogP contribution < -0.4 is 20.9 Å². The molecule has 38 heavy (non-hydrogen) atoms. The first kappa shape index (κ1) is 25.4. The van der Waals surface area contributed by atoms with Crippen molar-refractivity contribution in [1.29, 1.82) is 0 Å². The summed E-state index contributed by atoms with van der Waals surface area (Å²) in [6, 6.07) is 10.5. The molecule has 9 nitrogen and oxygen atoms in total. The number of nitrogens with one attached hydrogen (secondary N) is 2. The Morgan fingerprint density at radius 1 is 1.13 bits per heavy atom. The number of alkyl halides is 2. The molecular formula is C27H28F2N6O3. The monoisotopic (exact) mass is 522 g/mol. The van der Waals surface area contributed by atoms with Gasteiger partial charge in [-0.1, -0.05) is 25.1 Å². The average molecular weight is 523 g/mol. The molecular weight excluding hydrogens is 494 g/mol. The van der Waals surface area contributed by atoms with Crippen LogP contribution in [0, 0.1) is 0 Å². The highest BCUT2D eigenvalue weighted by atomic mass is 19.3. The molecule has 4 aromatic rings. The minimum absolute atomic E-state index is 0.00175. The third-order valence-electron chi connectivity index (χ3n) is 6.80. The zero-order chi connectivity index (χ0) is 26.8. The first-order chi connectivity index (χ1) is 18.3. The van der Waals surface area contributed by atoms with Crippen molar-refractivity contribution in [3.05, 3.63) is 70.3 Å². The number of benzene rings is 2. The van der Waals surface area contributed by atoms with Gasteiger partial charge in [0.15, 0.2) is 0 Å².